The molecule has 0 aromatic heterocycles. The SMILES string of the molecule is CCCCCCCCC(Cc1cc(F)c(F)c(F)c1F)C(C)(C)OC. The molecule has 0 fully saturated rings. The maximum atomic E-state index is 14.0. The van der Waals surface area contributed by atoms with Crippen molar-refractivity contribution in [3.63, 3.8) is 0 Å². The van der Waals surface area contributed by atoms with Gasteiger partial charge < -0.3 is 4.74 Å². The third kappa shape index (κ3) is 6.28. The highest BCUT2D eigenvalue weighted by Gasteiger charge is 2.31. The highest BCUT2D eigenvalue weighted by Crippen LogP contribution is 2.31. The van der Waals surface area contributed by atoms with Crippen molar-refractivity contribution in [2.24, 2.45) is 5.92 Å². The Balaban J connectivity index is 2.82. The highest BCUT2D eigenvalue weighted by atomic mass is 19.2. The molecule has 0 aliphatic heterocycles. The minimum atomic E-state index is -1.76. The molecule has 1 aromatic carbocycles. The molecule has 1 unspecified atom stereocenters. The number of hydrogen-bond acceptors (Lipinski definition) is 1. The summed E-state index contributed by atoms with van der Waals surface area (Å²) in [5.74, 6) is -6.30. The molecule has 25 heavy (non-hydrogen) atoms. The molecule has 0 aliphatic rings. The van der Waals surface area contributed by atoms with Gasteiger partial charge in [0.05, 0.1) is 5.60 Å². The molecule has 0 bridgehead atoms. The first-order chi connectivity index (χ1) is 11.7. The Bertz CT molecular complexity index is 543. The van der Waals surface area contributed by atoms with Crippen molar-refractivity contribution in [1.29, 1.82) is 0 Å². The van der Waals surface area contributed by atoms with Gasteiger partial charge in [-0.1, -0.05) is 45.4 Å². The van der Waals surface area contributed by atoms with E-state index in [-0.39, 0.29) is 17.9 Å². The summed E-state index contributed by atoms with van der Waals surface area (Å²) in [6, 6.07) is 0.758. The number of rotatable bonds is 11. The second kappa shape index (κ2) is 10.1. The van der Waals surface area contributed by atoms with E-state index in [0.717, 1.165) is 31.7 Å². The molecule has 0 spiro atoms. The van der Waals surface area contributed by atoms with Crippen LogP contribution in [0.1, 0.15) is 71.3 Å². The fraction of sp³-hybridized carbons (Fsp3) is 0.700. The van der Waals surface area contributed by atoms with E-state index in [1.54, 1.807) is 7.11 Å². The van der Waals surface area contributed by atoms with E-state index in [2.05, 4.69) is 6.92 Å². The van der Waals surface area contributed by atoms with Gasteiger partial charge >= 0.3 is 0 Å². The molecule has 0 saturated carbocycles. The predicted molar refractivity (Wildman–Crippen MR) is 92.5 cm³/mol. The first-order valence-electron chi connectivity index (χ1n) is 9.11. The molecule has 1 rings (SSSR count). The molecular formula is C20H30F4O. The standard InChI is InChI=1S/C20H30F4O/c1-5-6-7-8-9-10-11-15(20(2,3)25-4)12-14-13-16(21)18(23)19(24)17(14)22/h13,15H,5-12H2,1-4H3. The Morgan fingerprint density at radius 1 is 0.920 bits per heavy atom. The van der Waals surface area contributed by atoms with Crippen molar-refractivity contribution < 1.29 is 22.3 Å². The number of benzene rings is 1. The van der Waals surface area contributed by atoms with Crippen molar-refractivity contribution in [3.8, 4) is 0 Å². The third-order valence-electron chi connectivity index (χ3n) is 5.06. The Kier molecular flexibility index (Phi) is 8.91. The zero-order valence-electron chi connectivity index (χ0n) is 15.7. The van der Waals surface area contributed by atoms with Crippen molar-refractivity contribution in [3.05, 3.63) is 34.9 Å². The number of halogens is 4. The lowest BCUT2D eigenvalue weighted by molar-refractivity contribution is -0.0318. The van der Waals surface area contributed by atoms with Crippen LogP contribution in [0.3, 0.4) is 0 Å². The van der Waals surface area contributed by atoms with Gasteiger partial charge in [0, 0.05) is 7.11 Å². The quantitative estimate of drug-likeness (QED) is 0.187. The molecule has 5 heteroatoms. The van der Waals surface area contributed by atoms with Crippen LogP contribution in [0.25, 0.3) is 0 Å². The molecule has 0 aliphatic carbocycles. The smallest absolute Gasteiger partial charge is 0.197 e. The van der Waals surface area contributed by atoms with Gasteiger partial charge in [0.2, 0.25) is 0 Å². The minimum absolute atomic E-state index is 0.107. The van der Waals surface area contributed by atoms with E-state index < -0.39 is 28.9 Å². The second-order valence-electron chi connectivity index (χ2n) is 7.22. The molecule has 0 radical (unpaired) electrons. The molecule has 144 valence electrons. The lowest BCUT2D eigenvalue weighted by Crippen LogP contribution is -2.35. The van der Waals surface area contributed by atoms with Gasteiger partial charge in [-0.05, 0) is 44.2 Å². The summed E-state index contributed by atoms with van der Waals surface area (Å²) in [6.07, 6.45) is 7.59. The van der Waals surface area contributed by atoms with Crippen LogP contribution in [0.4, 0.5) is 17.6 Å². The summed E-state index contributed by atoms with van der Waals surface area (Å²) in [6.45, 7) is 5.92. The average Bonchev–Trinajstić information content (AvgIpc) is 2.59. The Morgan fingerprint density at radius 2 is 1.52 bits per heavy atom. The van der Waals surface area contributed by atoms with Crippen LogP contribution in [0, 0.1) is 29.2 Å². The Labute approximate surface area is 148 Å². The Hall–Kier alpha value is -1.10. The van der Waals surface area contributed by atoms with E-state index in [1.807, 2.05) is 13.8 Å². The van der Waals surface area contributed by atoms with Gasteiger partial charge in [-0.2, -0.15) is 0 Å². The predicted octanol–water partition coefficient (Wildman–Crippen LogP) is 6.58. The third-order valence-corrected chi connectivity index (χ3v) is 5.06. The largest absolute Gasteiger partial charge is 0.379 e. The fourth-order valence-electron chi connectivity index (χ4n) is 3.07. The summed E-state index contributed by atoms with van der Waals surface area (Å²) in [4.78, 5) is 0. The molecule has 1 atom stereocenters. The first kappa shape index (κ1) is 21.9. The van der Waals surface area contributed by atoms with Crippen LogP contribution in [-0.4, -0.2) is 12.7 Å². The van der Waals surface area contributed by atoms with Gasteiger partial charge in [0.15, 0.2) is 23.3 Å². The highest BCUT2D eigenvalue weighted by molar-refractivity contribution is 5.22. The van der Waals surface area contributed by atoms with E-state index in [1.165, 1.54) is 19.3 Å². The summed E-state index contributed by atoms with van der Waals surface area (Å²) in [7, 11) is 1.57. The van der Waals surface area contributed by atoms with Crippen LogP contribution in [0.2, 0.25) is 0 Å². The zero-order valence-corrected chi connectivity index (χ0v) is 15.7. The lowest BCUT2D eigenvalue weighted by atomic mass is 9.81. The summed E-state index contributed by atoms with van der Waals surface area (Å²) >= 11 is 0. The van der Waals surface area contributed by atoms with Gasteiger partial charge in [-0.15, -0.1) is 0 Å². The number of methoxy groups -OCH3 is 1. The van der Waals surface area contributed by atoms with Crippen LogP contribution in [0.5, 0.6) is 0 Å². The van der Waals surface area contributed by atoms with Crippen LogP contribution in [0.15, 0.2) is 6.07 Å². The molecule has 1 aromatic rings. The summed E-state index contributed by atoms with van der Waals surface area (Å²) < 4.78 is 59.6. The van der Waals surface area contributed by atoms with E-state index in [9.17, 15) is 17.6 Å². The molecule has 0 heterocycles. The number of unbranched alkanes of at least 4 members (excludes halogenated alkanes) is 5. The molecule has 0 saturated heterocycles. The number of ether oxygens (including phenoxy) is 1. The summed E-state index contributed by atoms with van der Waals surface area (Å²) in [5.41, 5.74) is -0.713. The first-order valence-corrected chi connectivity index (χ1v) is 9.11. The van der Waals surface area contributed by atoms with Crippen molar-refractivity contribution in [1.82, 2.24) is 0 Å². The van der Waals surface area contributed by atoms with Gasteiger partial charge in [0.1, 0.15) is 0 Å². The van der Waals surface area contributed by atoms with Gasteiger partial charge in [-0.3, -0.25) is 0 Å². The molecule has 0 N–H and O–H groups in total. The zero-order chi connectivity index (χ0) is 19.0. The van der Waals surface area contributed by atoms with E-state index >= 15 is 0 Å². The summed E-state index contributed by atoms with van der Waals surface area (Å²) in [5, 5.41) is 0. The van der Waals surface area contributed by atoms with Crippen LogP contribution >= 0.6 is 0 Å². The monoisotopic (exact) mass is 362 g/mol. The fourth-order valence-corrected chi connectivity index (χ4v) is 3.07. The lowest BCUT2D eigenvalue weighted by Gasteiger charge is -2.33. The average molecular weight is 362 g/mol. The van der Waals surface area contributed by atoms with E-state index in [4.69, 9.17) is 4.74 Å². The maximum absolute atomic E-state index is 14.0. The van der Waals surface area contributed by atoms with Crippen molar-refractivity contribution >= 4 is 0 Å². The molecule has 0 amide bonds. The molecule has 1 nitrogen and oxygen atoms in total. The van der Waals surface area contributed by atoms with Crippen molar-refractivity contribution in [2.45, 2.75) is 77.7 Å². The topological polar surface area (TPSA) is 9.23 Å². The van der Waals surface area contributed by atoms with Crippen molar-refractivity contribution in [2.75, 3.05) is 7.11 Å². The van der Waals surface area contributed by atoms with Crippen LogP contribution < -0.4 is 0 Å². The maximum Gasteiger partial charge on any atom is 0.197 e. The second-order valence-corrected chi connectivity index (χ2v) is 7.22. The van der Waals surface area contributed by atoms with Crippen LogP contribution in [-0.2, 0) is 11.2 Å². The Morgan fingerprint density at radius 3 is 2.12 bits per heavy atom. The number of hydrogen-bond donors (Lipinski definition) is 0. The molecular weight excluding hydrogens is 332 g/mol. The normalized spacial score (nSPS) is 13.3. The van der Waals surface area contributed by atoms with E-state index in [0.29, 0.717) is 0 Å². The minimum Gasteiger partial charge on any atom is -0.379 e. The van der Waals surface area contributed by atoms with Gasteiger partial charge in [-0.25, -0.2) is 17.6 Å². The van der Waals surface area contributed by atoms with Gasteiger partial charge in [0.25, 0.3) is 0 Å².